The van der Waals surface area contributed by atoms with Crippen molar-refractivity contribution in [3.05, 3.63) is 65.7 Å². The van der Waals surface area contributed by atoms with E-state index in [1.54, 1.807) is 0 Å². The third kappa shape index (κ3) is 5.09. The van der Waals surface area contributed by atoms with E-state index in [-0.39, 0.29) is 11.4 Å². The molecule has 1 fully saturated rings. The first-order chi connectivity index (χ1) is 13.3. The first-order valence-corrected chi connectivity index (χ1v) is 10.3. The van der Waals surface area contributed by atoms with Crippen LogP contribution in [0.15, 0.2) is 54.6 Å². The van der Waals surface area contributed by atoms with Crippen LogP contribution in [0.4, 0.5) is 0 Å². The Labute approximate surface area is 168 Å². The summed E-state index contributed by atoms with van der Waals surface area (Å²) in [6.45, 7) is 6.64. The zero-order chi connectivity index (χ0) is 20.1. The Hall–Kier alpha value is -2.42. The van der Waals surface area contributed by atoms with Crippen LogP contribution in [0.3, 0.4) is 0 Å². The van der Waals surface area contributed by atoms with Crippen molar-refractivity contribution in [1.82, 2.24) is 0 Å². The Bertz CT molecular complexity index is 820. The Morgan fingerprint density at radius 3 is 2.36 bits per heavy atom. The summed E-state index contributed by atoms with van der Waals surface area (Å²) in [6.07, 6.45) is 4.11. The van der Waals surface area contributed by atoms with Crippen molar-refractivity contribution in [1.29, 1.82) is 5.41 Å². The standard InChI is InChI=1S/C25H31NO2/c1-25(2,3)20-15-16-21(22(26)17-20)24(27)28-23-12-8-7-11-19(23)14-13-18-9-5-4-6-10-18/h4-12,20-21,26H,13-17H2,1-3H3. The van der Waals surface area contributed by atoms with Gasteiger partial charge in [0.05, 0.1) is 5.92 Å². The molecule has 0 bridgehead atoms. The first kappa shape index (κ1) is 20.3. The van der Waals surface area contributed by atoms with E-state index < -0.39 is 5.92 Å². The van der Waals surface area contributed by atoms with Gasteiger partial charge in [0.15, 0.2) is 0 Å². The number of carbonyl (C=O) groups is 1. The van der Waals surface area contributed by atoms with Gasteiger partial charge in [-0.1, -0.05) is 69.3 Å². The highest BCUT2D eigenvalue weighted by atomic mass is 16.5. The molecule has 1 N–H and O–H groups in total. The SMILES string of the molecule is CC(C)(C)C1CCC(C(=O)Oc2ccccc2CCc2ccccc2)C(=N)C1. The van der Waals surface area contributed by atoms with E-state index in [1.807, 2.05) is 42.5 Å². The van der Waals surface area contributed by atoms with Gasteiger partial charge in [-0.15, -0.1) is 0 Å². The topological polar surface area (TPSA) is 50.2 Å². The molecule has 0 amide bonds. The molecule has 2 aromatic rings. The second-order valence-electron chi connectivity index (χ2n) is 8.94. The lowest BCUT2D eigenvalue weighted by molar-refractivity contribution is -0.137. The summed E-state index contributed by atoms with van der Waals surface area (Å²) >= 11 is 0. The number of nitrogens with one attached hydrogen (secondary N) is 1. The Morgan fingerprint density at radius 2 is 1.68 bits per heavy atom. The molecule has 0 aromatic heterocycles. The van der Waals surface area contributed by atoms with E-state index in [9.17, 15) is 4.79 Å². The van der Waals surface area contributed by atoms with Crippen LogP contribution in [0.25, 0.3) is 0 Å². The molecule has 28 heavy (non-hydrogen) atoms. The predicted molar refractivity (Wildman–Crippen MR) is 114 cm³/mol. The normalized spacial score (nSPS) is 20.0. The maximum atomic E-state index is 12.8. The van der Waals surface area contributed by atoms with E-state index in [4.69, 9.17) is 10.1 Å². The summed E-state index contributed by atoms with van der Waals surface area (Å²) in [6, 6.07) is 18.1. The molecule has 148 valence electrons. The summed E-state index contributed by atoms with van der Waals surface area (Å²) in [5.41, 5.74) is 3.00. The number of rotatable bonds is 5. The van der Waals surface area contributed by atoms with Gasteiger partial charge in [-0.05, 0) is 60.6 Å². The van der Waals surface area contributed by atoms with Gasteiger partial charge in [-0.2, -0.15) is 0 Å². The number of para-hydroxylation sites is 1. The molecular weight excluding hydrogens is 346 g/mol. The van der Waals surface area contributed by atoms with Crippen LogP contribution in [0.2, 0.25) is 0 Å². The number of hydrogen-bond acceptors (Lipinski definition) is 3. The zero-order valence-corrected chi connectivity index (χ0v) is 17.2. The second kappa shape index (κ2) is 8.72. The fourth-order valence-corrected chi connectivity index (χ4v) is 3.96. The molecule has 3 heteroatoms. The molecule has 2 aromatic carbocycles. The minimum absolute atomic E-state index is 0.172. The molecular formula is C25H31NO2. The largest absolute Gasteiger partial charge is 0.426 e. The van der Waals surface area contributed by atoms with E-state index in [1.165, 1.54) is 5.56 Å². The number of ether oxygens (including phenoxy) is 1. The molecule has 0 aliphatic heterocycles. The molecule has 2 atom stereocenters. The lowest BCUT2D eigenvalue weighted by Gasteiger charge is -2.36. The van der Waals surface area contributed by atoms with Crippen molar-refractivity contribution in [2.75, 3.05) is 0 Å². The van der Waals surface area contributed by atoms with Crippen molar-refractivity contribution in [3.63, 3.8) is 0 Å². The monoisotopic (exact) mass is 377 g/mol. The van der Waals surface area contributed by atoms with Crippen molar-refractivity contribution < 1.29 is 9.53 Å². The Kier molecular flexibility index (Phi) is 6.33. The summed E-state index contributed by atoms with van der Waals surface area (Å²) in [4.78, 5) is 12.8. The van der Waals surface area contributed by atoms with Gasteiger partial charge in [-0.3, -0.25) is 4.79 Å². The summed E-state index contributed by atoms with van der Waals surface area (Å²) < 4.78 is 5.78. The fraction of sp³-hybridized carbons (Fsp3) is 0.440. The average molecular weight is 378 g/mol. The third-order valence-corrected chi connectivity index (χ3v) is 5.91. The lowest BCUT2D eigenvalue weighted by Crippen LogP contribution is -2.37. The molecule has 0 spiro atoms. The van der Waals surface area contributed by atoms with Gasteiger partial charge < -0.3 is 10.1 Å². The minimum Gasteiger partial charge on any atom is -0.426 e. The van der Waals surface area contributed by atoms with Crippen LogP contribution in [0.1, 0.15) is 51.2 Å². The van der Waals surface area contributed by atoms with Crippen LogP contribution in [-0.4, -0.2) is 11.7 Å². The number of carbonyl (C=O) groups excluding carboxylic acids is 1. The Morgan fingerprint density at radius 1 is 1.00 bits per heavy atom. The van der Waals surface area contributed by atoms with Gasteiger partial charge in [0.25, 0.3) is 0 Å². The number of hydrogen-bond donors (Lipinski definition) is 1. The molecule has 1 aliphatic rings. The van der Waals surface area contributed by atoms with Crippen LogP contribution in [0.5, 0.6) is 5.75 Å². The van der Waals surface area contributed by atoms with E-state index in [0.29, 0.717) is 30.2 Å². The molecule has 1 aliphatic carbocycles. The average Bonchev–Trinajstić information content (AvgIpc) is 2.67. The maximum Gasteiger partial charge on any atom is 0.320 e. The van der Waals surface area contributed by atoms with Gasteiger partial charge in [0, 0.05) is 5.71 Å². The van der Waals surface area contributed by atoms with Gasteiger partial charge in [0.1, 0.15) is 5.75 Å². The van der Waals surface area contributed by atoms with Crippen molar-refractivity contribution in [2.24, 2.45) is 17.3 Å². The molecule has 0 saturated heterocycles. The number of esters is 1. The molecule has 1 saturated carbocycles. The van der Waals surface area contributed by atoms with E-state index >= 15 is 0 Å². The van der Waals surface area contributed by atoms with Crippen LogP contribution >= 0.6 is 0 Å². The third-order valence-electron chi connectivity index (χ3n) is 5.91. The van der Waals surface area contributed by atoms with Gasteiger partial charge >= 0.3 is 5.97 Å². The van der Waals surface area contributed by atoms with E-state index in [0.717, 1.165) is 24.8 Å². The van der Waals surface area contributed by atoms with Gasteiger partial charge in [0.2, 0.25) is 0 Å². The molecule has 0 radical (unpaired) electrons. The van der Waals surface area contributed by atoms with Crippen molar-refractivity contribution in [3.8, 4) is 5.75 Å². The van der Waals surface area contributed by atoms with Crippen LogP contribution in [-0.2, 0) is 17.6 Å². The summed E-state index contributed by atoms with van der Waals surface area (Å²) in [5, 5.41) is 8.40. The quantitative estimate of drug-likeness (QED) is 0.524. The highest BCUT2D eigenvalue weighted by molar-refractivity contribution is 6.01. The number of benzene rings is 2. The summed E-state index contributed by atoms with van der Waals surface area (Å²) in [7, 11) is 0. The second-order valence-corrected chi connectivity index (χ2v) is 8.94. The Balaban J connectivity index is 1.64. The van der Waals surface area contributed by atoms with Gasteiger partial charge in [-0.25, -0.2) is 0 Å². The van der Waals surface area contributed by atoms with Crippen molar-refractivity contribution >= 4 is 11.7 Å². The minimum atomic E-state index is -0.402. The maximum absolute atomic E-state index is 12.8. The fourth-order valence-electron chi connectivity index (χ4n) is 3.96. The molecule has 3 nitrogen and oxygen atoms in total. The smallest absolute Gasteiger partial charge is 0.320 e. The highest BCUT2D eigenvalue weighted by Gasteiger charge is 2.36. The highest BCUT2D eigenvalue weighted by Crippen LogP contribution is 2.39. The van der Waals surface area contributed by atoms with Crippen LogP contribution in [0, 0.1) is 22.7 Å². The molecule has 0 heterocycles. The predicted octanol–water partition coefficient (Wildman–Crippen LogP) is 5.86. The molecule has 3 rings (SSSR count). The van der Waals surface area contributed by atoms with Crippen molar-refractivity contribution in [2.45, 2.75) is 52.9 Å². The first-order valence-electron chi connectivity index (χ1n) is 10.3. The lowest BCUT2D eigenvalue weighted by atomic mass is 9.69. The zero-order valence-electron chi connectivity index (χ0n) is 17.2. The molecule has 2 unspecified atom stereocenters. The van der Waals surface area contributed by atoms with E-state index in [2.05, 4.69) is 32.9 Å². The summed E-state index contributed by atoms with van der Waals surface area (Å²) in [5.74, 6) is 0.418. The number of aryl methyl sites for hydroxylation is 2. The van der Waals surface area contributed by atoms with Crippen LogP contribution < -0.4 is 4.74 Å².